The molecule has 170 valence electrons. The fourth-order valence-electron chi connectivity index (χ4n) is 3.85. The normalized spacial score (nSPS) is 21.5. The molecule has 0 bridgehead atoms. The number of carbonyl (C=O) groups is 2. The first-order chi connectivity index (χ1) is 14.9. The molecule has 1 aromatic carbocycles. The number of likely N-dealkylation sites (tertiary alicyclic amines) is 1. The molecular formula is C24H34N2O5. The number of terminal acetylenes is 1. The molecule has 3 atom stereocenters. The van der Waals surface area contributed by atoms with E-state index in [4.69, 9.17) is 20.6 Å². The van der Waals surface area contributed by atoms with Crippen LogP contribution in [0.1, 0.15) is 45.1 Å². The summed E-state index contributed by atoms with van der Waals surface area (Å²) in [5, 5.41) is 2.63. The maximum atomic E-state index is 13.2. The van der Waals surface area contributed by atoms with Gasteiger partial charge in [-0.25, -0.2) is 0 Å². The number of benzene rings is 1. The molecule has 0 saturated carbocycles. The van der Waals surface area contributed by atoms with E-state index in [-0.39, 0.29) is 17.9 Å². The maximum Gasteiger partial charge on any atom is 0.252 e. The van der Waals surface area contributed by atoms with Gasteiger partial charge in [-0.2, -0.15) is 0 Å². The Balaban J connectivity index is 2.02. The average Bonchev–Trinajstić information content (AvgIpc) is 2.74. The second-order valence-corrected chi connectivity index (χ2v) is 8.13. The Morgan fingerprint density at radius 3 is 2.61 bits per heavy atom. The fourth-order valence-corrected chi connectivity index (χ4v) is 3.85. The van der Waals surface area contributed by atoms with Gasteiger partial charge in [-0.05, 0) is 39.2 Å². The van der Waals surface area contributed by atoms with Crippen LogP contribution in [0.2, 0.25) is 0 Å². The van der Waals surface area contributed by atoms with Crippen LogP contribution in [0.5, 0.6) is 0 Å². The number of amides is 2. The minimum Gasteiger partial charge on any atom is -0.380 e. The van der Waals surface area contributed by atoms with Crippen molar-refractivity contribution in [2.24, 2.45) is 0 Å². The molecule has 2 amide bonds. The second kappa shape index (κ2) is 12.5. The molecule has 0 radical (unpaired) electrons. The lowest BCUT2D eigenvalue weighted by atomic mass is 9.82. The number of nitrogens with zero attached hydrogens (tertiary/aromatic N) is 1. The van der Waals surface area contributed by atoms with Crippen molar-refractivity contribution in [3.05, 3.63) is 35.9 Å². The zero-order valence-corrected chi connectivity index (χ0v) is 18.7. The van der Waals surface area contributed by atoms with Crippen LogP contribution in [0.3, 0.4) is 0 Å². The van der Waals surface area contributed by atoms with E-state index in [1.54, 1.807) is 13.8 Å². The van der Waals surface area contributed by atoms with Crippen molar-refractivity contribution in [1.29, 1.82) is 0 Å². The highest BCUT2D eigenvalue weighted by Gasteiger charge is 2.42. The number of nitrogens with one attached hydrogen (secondary N) is 1. The van der Waals surface area contributed by atoms with Gasteiger partial charge in [0.2, 0.25) is 6.41 Å². The summed E-state index contributed by atoms with van der Waals surface area (Å²) in [7, 11) is 0. The monoisotopic (exact) mass is 430 g/mol. The average molecular weight is 431 g/mol. The Morgan fingerprint density at radius 2 is 1.94 bits per heavy atom. The molecule has 7 nitrogen and oxygen atoms in total. The van der Waals surface area contributed by atoms with Gasteiger partial charge in [-0.15, -0.1) is 6.42 Å². The molecule has 1 heterocycles. The molecule has 31 heavy (non-hydrogen) atoms. The smallest absolute Gasteiger partial charge is 0.252 e. The first-order valence-electron chi connectivity index (χ1n) is 10.7. The van der Waals surface area contributed by atoms with Crippen LogP contribution < -0.4 is 5.32 Å². The van der Waals surface area contributed by atoms with E-state index in [2.05, 4.69) is 30.3 Å². The van der Waals surface area contributed by atoms with Gasteiger partial charge < -0.3 is 24.4 Å². The summed E-state index contributed by atoms with van der Waals surface area (Å²) >= 11 is 0. The number of rotatable bonds is 13. The van der Waals surface area contributed by atoms with Gasteiger partial charge >= 0.3 is 0 Å². The van der Waals surface area contributed by atoms with Crippen molar-refractivity contribution < 1.29 is 23.8 Å². The van der Waals surface area contributed by atoms with Gasteiger partial charge in [0.1, 0.15) is 18.4 Å². The van der Waals surface area contributed by atoms with Gasteiger partial charge in [0.05, 0.1) is 13.2 Å². The van der Waals surface area contributed by atoms with Crippen LogP contribution in [-0.2, 0) is 23.8 Å². The number of hydrogen-bond donors (Lipinski definition) is 1. The molecule has 0 aromatic heterocycles. The van der Waals surface area contributed by atoms with E-state index >= 15 is 0 Å². The first-order valence-corrected chi connectivity index (χ1v) is 10.7. The number of carbonyl (C=O) groups excluding carboxylic acids is 2. The summed E-state index contributed by atoms with van der Waals surface area (Å²) in [4.78, 5) is 26.0. The lowest BCUT2D eigenvalue weighted by Crippen LogP contribution is -2.57. The van der Waals surface area contributed by atoms with Crippen LogP contribution in [0.25, 0.3) is 0 Å². The van der Waals surface area contributed by atoms with Gasteiger partial charge in [-0.1, -0.05) is 36.3 Å². The van der Waals surface area contributed by atoms with Gasteiger partial charge in [0.25, 0.3) is 5.91 Å². The van der Waals surface area contributed by atoms with Crippen molar-refractivity contribution in [2.45, 2.75) is 57.4 Å². The van der Waals surface area contributed by atoms with Crippen molar-refractivity contribution in [3.63, 3.8) is 0 Å². The summed E-state index contributed by atoms with van der Waals surface area (Å²) in [5.41, 5.74) is 0.221. The molecule has 2 rings (SSSR count). The standard InChI is InChI=1S/C24H34N2O5/c1-5-13-29-14-9-15-30-16-12-26-19(2)21(20-10-7-6-8-11-20)17-22(23(26)28)31-24(3,4)25-18-27/h1,6-8,10-11,18-19,21-22H,9,12-17H2,2-4H3,(H,25,27). The first kappa shape index (κ1) is 24.9. The zero-order valence-electron chi connectivity index (χ0n) is 18.7. The molecule has 1 aliphatic heterocycles. The van der Waals surface area contributed by atoms with Crippen molar-refractivity contribution in [1.82, 2.24) is 10.2 Å². The Hall–Kier alpha value is -2.40. The van der Waals surface area contributed by atoms with Gasteiger partial charge in [0.15, 0.2) is 0 Å². The third-order valence-electron chi connectivity index (χ3n) is 5.41. The number of ether oxygens (including phenoxy) is 3. The molecule has 1 saturated heterocycles. The van der Waals surface area contributed by atoms with E-state index < -0.39 is 11.8 Å². The van der Waals surface area contributed by atoms with Crippen LogP contribution >= 0.6 is 0 Å². The van der Waals surface area contributed by atoms with E-state index in [0.717, 1.165) is 12.0 Å². The van der Waals surface area contributed by atoms with Crippen LogP contribution in [0.4, 0.5) is 0 Å². The summed E-state index contributed by atoms with van der Waals surface area (Å²) < 4.78 is 17.0. The summed E-state index contributed by atoms with van der Waals surface area (Å²) in [5.74, 6) is 2.46. The van der Waals surface area contributed by atoms with Gasteiger partial charge in [0, 0.05) is 25.1 Å². The van der Waals surface area contributed by atoms with Gasteiger partial charge in [-0.3, -0.25) is 9.59 Å². The predicted octanol–water partition coefficient (Wildman–Crippen LogP) is 2.31. The maximum absolute atomic E-state index is 13.2. The van der Waals surface area contributed by atoms with E-state index in [0.29, 0.717) is 45.8 Å². The number of hydrogen-bond acceptors (Lipinski definition) is 5. The predicted molar refractivity (Wildman–Crippen MR) is 118 cm³/mol. The molecule has 1 N–H and O–H groups in total. The molecule has 0 aliphatic carbocycles. The molecule has 0 spiro atoms. The molecule has 3 unspecified atom stereocenters. The Kier molecular flexibility index (Phi) is 9.99. The SMILES string of the molecule is C#CCOCCCOCCN1C(=O)C(OC(C)(C)NC=O)CC(c2ccccc2)C1C. The third kappa shape index (κ3) is 7.66. The Morgan fingerprint density at radius 1 is 1.23 bits per heavy atom. The highest BCUT2D eigenvalue weighted by Crippen LogP contribution is 2.35. The van der Waals surface area contributed by atoms with Crippen molar-refractivity contribution >= 4 is 12.3 Å². The third-order valence-corrected chi connectivity index (χ3v) is 5.41. The van der Waals surface area contributed by atoms with Crippen LogP contribution in [0.15, 0.2) is 30.3 Å². The molecule has 1 aliphatic rings. The molecule has 7 heteroatoms. The Labute approximate surface area is 185 Å². The molecule has 1 fully saturated rings. The van der Waals surface area contributed by atoms with Crippen LogP contribution in [0, 0.1) is 12.3 Å². The quantitative estimate of drug-likeness (QED) is 0.225. The van der Waals surface area contributed by atoms with Crippen LogP contribution in [-0.4, -0.2) is 68.1 Å². The molecular weight excluding hydrogens is 396 g/mol. The van der Waals surface area contributed by atoms with Crippen molar-refractivity contribution in [2.75, 3.05) is 33.0 Å². The summed E-state index contributed by atoms with van der Waals surface area (Å²) in [6.07, 6.45) is 6.38. The van der Waals surface area contributed by atoms with E-state index in [1.807, 2.05) is 23.1 Å². The lowest BCUT2D eigenvalue weighted by molar-refractivity contribution is -0.170. The topological polar surface area (TPSA) is 77.1 Å². The summed E-state index contributed by atoms with van der Waals surface area (Å²) in [6, 6.07) is 10.1. The second-order valence-electron chi connectivity index (χ2n) is 8.13. The highest BCUT2D eigenvalue weighted by atomic mass is 16.5. The highest BCUT2D eigenvalue weighted by molar-refractivity contribution is 5.82. The lowest BCUT2D eigenvalue weighted by Gasteiger charge is -2.44. The fraction of sp³-hybridized carbons (Fsp3) is 0.583. The minimum atomic E-state index is -0.940. The summed E-state index contributed by atoms with van der Waals surface area (Å²) in [6.45, 7) is 7.82. The van der Waals surface area contributed by atoms with E-state index in [1.165, 1.54) is 0 Å². The largest absolute Gasteiger partial charge is 0.380 e. The molecule has 1 aromatic rings. The van der Waals surface area contributed by atoms with E-state index in [9.17, 15) is 9.59 Å². The Bertz CT molecular complexity index is 731. The number of piperidine rings is 1. The minimum absolute atomic E-state index is 0.000505. The van der Waals surface area contributed by atoms with Crippen molar-refractivity contribution in [3.8, 4) is 12.3 Å². The zero-order chi connectivity index (χ0) is 22.7.